The van der Waals surface area contributed by atoms with E-state index in [-0.39, 0.29) is 19.1 Å². The summed E-state index contributed by atoms with van der Waals surface area (Å²) >= 11 is 0. The summed E-state index contributed by atoms with van der Waals surface area (Å²) < 4.78 is 4.78. The minimum Gasteiger partial charge on any atom is -0.447 e. The number of cyclic esters (lactones) is 1. The van der Waals surface area contributed by atoms with Gasteiger partial charge >= 0.3 is 6.09 Å². The van der Waals surface area contributed by atoms with Crippen LogP contribution in [0.25, 0.3) is 0 Å². The topological polar surface area (TPSA) is 59.1 Å². The van der Waals surface area contributed by atoms with Gasteiger partial charge in [0.15, 0.2) is 6.04 Å². The lowest BCUT2D eigenvalue weighted by Crippen LogP contribution is -2.46. The van der Waals surface area contributed by atoms with Gasteiger partial charge < -0.3 is 4.74 Å². The van der Waals surface area contributed by atoms with E-state index in [1.807, 2.05) is 0 Å². The molecule has 15 heavy (non-hydrogen) atoms. The van der Waals surface area contributed by atoms with E-state index >= 15 is 0 Å². The molecule has 6 nitrogen and oxygen atoms in total. The maximum atomic E-state index is 11.7. The van der Waals surface area contributed by atoms with Crippen molar-refractivity contribution in [3.63, 3.8) is 0 Å². The molecule has 1 saturated heterocycles. The number of ether oxygens (including phenoxy) is 1. The molecular formula is C9H14N2O4. The number of rotatable bonds is 4. The predicted molar refractivity (Wildman–Crippen MR) is 51.8 cm³/mol. The Bertz CT molecular complexity index is 279. The summed E-state index contributed by atoms with van der Waals surface area (Å²) in [6.45, 7) is 3.85. The summed E-state index contributed by atoms with van der Waals surface area (Å²) in [6, 6.07) is -0.625. The van der Waals surface area contributed by atoms with Crippen LogP contribution in [0.4, 0.5) is 4.79 Å². The highest BCUT2D eigenvalue weighted by Gasteiger charge is 2.38. The van der Waals surface area contributed by atoms with Crippen LogP contribution in [0.15, 0.2) is 12.7 Å². The zero-order valence-electron chi connectivity index (χ0n) is 8.80. The number of hydrogen-bond acceptors (Lipinski definition) is 4. The van der Waals surface area contributed by atoms with Gasteiger partial charge in [0.05, 0.1) is 7.11 Å². The fourth-order valence-corrected chi connectivity index (χ4v) is 1.30. The van der Waals surface area contributed by atoms with Crippen LogP contribution >= 0.6 is 0 Å². The molecule has 84 valence electrons. The van der Waals surface area contributed by atoms with E-state index in [0.717, 1.165) is 5.06 Å². The summed E-state index contributed by atoms with van der Waals surface area (Å²) in [5.74, 6) is -0.315. The summed E-state index contributed by atoms with van der Waals surface area (Å²) in [6.07, 6.45) is 1.04. The summed E-state index contributed by atoms with van der Waals surface area (Å²) in [7, 11) is 2.87. The fraction of sp³-hybridized carbons (Fsp3) is 0.556. The lowest BCUT2D eigenvalue weighted by atomic mass is 10.2. The van der Waals surface area contributed by atoms with E-state index in [1.54, 1.807) is 6.08 Å². The van der Waals surface area contributed by atoms with Gasteiger partial charge in [0.2, 0.25) is 0 Å². The van der Waals surface area contributed by atoms with Gasteiger partial charge in [-0.1, -0.05) is 6.08 Å². The summed E-state index contributed by atoms with van der Waals surface area (Å²) in [5.41, 5.74) is 0. The highest BCUT2D eigenvalue weighted by Crippen LogP contribution is 2.14. The largest absolute Gasteiger partial charge is 0.447 e. The molecule has 0 N–H and O–H groups in total. The van der Waals surface area contributed by atoms with Crippen LogP contribution in [-0.4, -0.2) is 55.3 Å². The number of hydroxylamine groups is 2. The van der Waals surface area contributed by atoms with Gasteiger partial charge in [0, 0.05) is 13.6 Å². The minimum atomic E-state index is -0.625. The van der Waals surface area contributed by atoms with Gasteiger partial charge in [0.25, 0.3) is 5.91 Å². The fourth-order valence-electron chi connectivity index (χ4n) is 1.30. The van der Waals surface area contributed by atoms with Crippen molar-refractivity contribution in [2.45, 2.75) is 6.04 Å². The summed E-state index contributed by atoms with van der Waals surface area (Å²) in [4.78, 5) is 29.0. The smallest absolute Gasteiger partial charge is 0.410 e. The van der Waals surface area contributed by atoms with Gasteiger partial charge in [-0.25, -0.2) is 9.86 Å². The number of carbonyl (C=O) groups excluding carboxylic acids is 2. The van der Waals surface area contributed by atoms with Gasteiger partial charge in [-0.15, -0.1) is 6.58 Å². The quantitative estimate of drug-likeness (QED) is 0.488. The molecule has 0 aromatic carbocycles. The van der Waals surface area contributed by atoms with Crippen molar-refractivity contribution < 1.29 is 19.2 Å². The predicted octanol–water partition coefficient (Wildman–Crippen LogP) is 0.0130. The lowest BCUT2D eigenvalue weighted by molar-refractivity contribution is -0.172. The third-order valence-electron chi connectivity index (χ3n) is 2.17. The Balaban J connectivity index is 2.72. The SMILES string of the molecule is C=CCN1C(=O)OC[C@@H]1C(=O)N(C)OC. The molecule has 1 aliphatic rings. The molecule has 0 radical (unpaired) electrons. The first-order chi connectivity index (χ1) is 7.11. The first-order valence-corrected chi connectivity index (χ1v) is 4.47. The van der Waals surface area contributed by atoms with E-state index in [0.29, 0.717) is 0 Å². The maximum absolute atomic E-state index is 11.7. The van der Waals surface area contributed by atoms with Gasteiger partial charge in [-0.2, -0.15) is 0 Å². The van der Waals surface area contributed by atoms with Crippen molar-refractivity contribution in [2.75, 3.05) is 27.3 Å². The van der Waals surface area contributed by atoms with Gasteiger partial charge in [0.1, 0.15) is 6.61 Å². The Morgan fingerprint density at radius 1 is 1.87 bits per heavy atom. The zero-order chi connectivity index (χ0) is 11.4. The minimum absolute atomic E-state index is 0.0548. The molecule has 0 aliphatic carbocycles. The van der Waals surface area contributed by atoms with Gasteiger partial charge in [-0.05, 0) is 0 Å². The van der Waals surface area contributed by atoms with Gasteiger partial charge in [-0.3, -0.25) is 14.5 Å². The Morgan fingerprint density at radius 2 is 2.53 bits per heavy atom. The second kappa shape index (κ2) is 4.79. The number of amides is 2. The number of hydrogen-bond donors (Lipinski definition) is 0. The normalized spacial score (nSPS) is 20.0. The molecule has 0 saturated carbocycles. The molecule has 1 aliphatic heterocycles. The molecule has 1 atom stereocenters. The van der Waals surface area contributed by atoms with Crippen LogP contribution in [0.2, 0.25) is 0 Å². The van der Waals surface area contributed by atoms with Crippen LogP contribution in [0, 0.1) is 0 Å². The van der Waals surface area contributed by atoms with E-state index in [4.69, 9.17) is 9.57 Å². The number of likely N-dealkylation sites (N-methyl/N-ethyl adjacent to an activating group) is 1. The molecule has 2 amide bonds. The van der Waals surface area contributed by atoms with Crippen molar-refractivity contribution in [2.24, 2.45) is 0 Å². The molecule has 1 rings (SSSR count). The molecule has 0 spiro atoms. The average Bonchev–Trinajstić information content (AvgIpc) is 2.59. The Labute approximate surface area is 88.0 Å². The highest BCUT2D eigenvalue weighted by molar-refractivity contribution is 5.87. The molecular weight excluding hydrogens is 200 g/mol. The van der Waals surface area contributed by atoms with Crippen LogP contribution in [0.5, 0.6) is 0 Å². The Kier molecular flexibility index (Phi) is 3.68. The molecule has 6 heteroatoms. The summed E-state index contributed by atoms with van der Waals surface area (Å²) in [5, 5.41) is 1.07. The maximum Gasteiger partial charge on any atom is 0.410 e. The van der Waals surface area contributed by atoms with E-state index in [1.165, 1.54) is 19.1 Å². The third-order valence-corrected chi connectivity index (χ3v) is 2.17. The number of nitrogens with zero attached hydrogens (tertiary/aromatic N) is 2. The average molecular weight is 214 g/mol. The monoisotopic (exact) mass is 214 g/mol. The number of carbonyl (C=O) groups is 2. The van der Waals surface area contributed by atoms with Crippen LogP contribution in [0.3, 0.4) is 0 Å². The van der Waals surface area contributed by atoms with Crippen molar-refractivity contribution in [3.05, 3.63) is 12.7 Å². The Hall–Kier alpha value is -1.56. The first-order valence-electron chi connectivity index (χ1n) is 4.47. The second-order valence-corrected chi connectivity index (χ2v) is 3.05. The molecule has 0 aromatic rings. The Morgan fingerprint density at radius 3 is 3.07 bits per heavy atom. The first kappa shape index (κ1) is 11.5. The van der Waals surface area contributed by atoms with E-state index in [2.05, 4.69) is 6.58 Å². The van der Waals surface area contributed by atoms with E-state index < -0.39 is 12.1 Å². The standard InChI is InChI=1S/C9H14N2O4/c1-4-5-11-7(6-15-9(11)13)8(12)10(2)14-3/h4,7H,1,5-6H2,2-3H3/t7-/m1/s1. The highest BCUT2D eigenvalue weighted by atomic mass is 16.7. The molecule has 0 aromatic heterocycles. The van der Waals surface area contributed by atoms with E-state index in [9.17, 15) is 9.59 Å². The van der Waals surface area contributed by atoms with Crippen LogP contribution in [0.1, 0.15) is 0 Å². The molecule has 0 unspecified atom stereocenters. The third kappa shape index (κ3) is 2.27. The van der Waals surface area contributed by atoms with Crippen LogP contribution < -0.4 is 0 Å². The van der Waals surface area contributed by atoms with Crippen molar-refractivity contribution in [1.82, 2.24) is 9.96 Å². The molecule has 1 heterocycles. The van der Waals surface area contributed by atoms with Crippen LogP contribution in [-0.2, 0) is 14.4 Å². The molecule has 0 bridgehead atoms. The lowest BCUT2D eigenvalue weighted by Gasteiger charge is -2.22. The van der Waals surface area contributed by atoms with Crippen molar-refractivity contribution in [1.29, 1.82) is 0 Å². The molecule has 1 fully saturated rings. The zero-order valence-corrected chi connectivity index (χ0v) is 8.80. The van der Waals surface area contributed by atoms with Crippen molar-refractivity contribution in [3.8, 4) is 0 Å². The van der Waals surface area contributed by atoms with Crippen molar-refractivity contribution >= 4 is 12.0 Å². The second-order valence-electron chi connectivity index (χ2n) is 3.05.